The number of carbonyl (C=O) groups is 1. The van der Waals surface area contributed by atoms with Crippen LogP contribution in [0, 0.1) is 0 Å². The van der Waals surface area contributed by atoms with Crippen molar-refractivity contribution in [3.8, 4) is 5.82 Å². The monoisotopic (exact) mass is 336 g/mol. The van der Waals surface area contributed by atoms with Crippen molar-refractivity contribution in [2.75, 3.05) is 14.1 Å². The molecule has 0 atom stereocenters. The average molecular weight is 336 g/mol. The molecule has 0 aliphatic carbocycles. The van der Waals surface area contributed by atoms with Gasteiger partial charge in [0, 0.05) is 24.8 Å². The largest absolute Gasteiger partial charge is 0.348 e. The molecule has 0 aliphatic heterocycles. The molecule has 3 aromatic rings. The van der Waals surface area contributed by atoms with E-state index in [0.717, 1.165) is 12.1 Å². The highest BCUT2D eigenvalue weighted by molar-refractivity contribution is 5.94. The van der Waals surface area contributed by atoms with E-state index in [9.17, 15) is 4.79 Å². The van der Waals surface area contributed by atoms with E-state index in [1.807, 2.05) is 26.2 Å². The van der Waals surface area contributed by atoms with Gasteiger partial charge in [-0.25, -0.2) is 14.6 Å². The van der Waals surface area contributed by atoms with Crippen molar-refractivity contribution in [1.29, 1.82) is 0 Å². The molecule has 25 heavy (non-hydrogen) atoms. The molecule has 128 valence electrons. The Morgan fingerprint density at radius 2 is 1.92 bits per heavy atom. The summed E-state index contributed by atoms with van der Waals surface area (Å²) in [5.74, 6) is 0.402. The van der Waals surface area contributed by atoms with Gasteiger partial charge in [0.15, 0.2) is 5.82 Å². The van der Waals surface area contributed by atoms with Gasteiger partial charge in [-0.3, -0.25) is 4.79 Å². The van der Waals surface area contributed by atoms with E-state index in [-0.39, 0.29) is 5.91 Å². The molecule has 0 unspecified atom stereocenters. The first-order valence-electron chi connectivity index (χ1n) is 7.93. The summed E-state index contributed by atoms with van der Waals surface area (Å²) in [6, 6.07) is 11.6. The average Bonchev–Trinajstić information content (AvgIpc) is 3.15. The molecule has 0 spiro atoms. The maximum atomic E-state index is 12.4. The van der Waals surface area contributed by atoms with Crippen molar-refractivity contribution in [3.63, 3.8) is 0 Å². The van der Waals surface area contributed by atoms with Crippen molar-refractivity contribution in [3.05, 3.63) is 71.9 Å². The van der Waals surface area contributed by atoms with Crippen LogP contribution < -0.4 is 5.32 Å². The van der Waals surface area contributed by atoms with Crippen LogP contribution in [0.15, 0.2) is 55.2 Å². The van der Waals surface area contributed by atoms with E-state index in [2.05, 4.69) is 37.4 Å². The fourth-order valence-electron chi connectivity index (χ4n) is 2.42. The Morgan fingerprint density at radius 1 is 1.16 bits per heavy atom. The van der Waals surface area contributed by atoms with Gasteiger partial charge >= 0.3 is 0 Å². The predicted octanol–water partition coefficient (Wildman–Crippen LogP) is 1.65. The third-order valence-corrected chi connectivity index (χ3v) is 3.64. The van der Waals surface area contributed by atoms with Crippen molar-refractivity contribution >= 4 is 5.91 Å². The Morgan fingerprint density at radius 3 is 2.60 bits per heavy atom. The number of benzene rings is 1. The molecule has 0 saturated carbocycles. The lowest BCUT2D eigenvalue weighted by Gasteiger charge is -2.10. The second-order valence-corrected chi connectivity index (χ2v) is 5.98. The maximum Gasteiger partial charge on any atom is 0.251 e. The summed E-state index contributed by atoms with van der Waals surface area (Å²) in [5.41, 5.74) is 2.83. The first-order valence-corrected chi connectivity index (χ1v) is 7.93. The molecular formula is C18H20N6O. The van der Waals surface area contributed by atoms with Crippen molar-refractivity contribution in [1.82, 2.24) is 30.0 Å². The highest BCUT2D eigenvalue weighted by atomic mass is 16.1. The third-order valence-electron chi connectivity index (χ3n) is 3.64. The number of pyridine rings is 1. The summed E-state index contributed by atoms with van der Waals surface area (Å²) in [4.78, 5) is 22.6. The number of rotatable bonds is 6. The molecule has 2 aromatic heterocycles. The molecule has 7 nitrogen and oxygen atoms in total. The Balaban J connectivity index is 1.62. The van der Waals surface area contributed by atoms with E-state index in [1.54, 1.807) is 24.7 Å². The number of nitrogens with zero attached hydrogens (tertiary/aromatic N) is 5. The van der Waals surface area contributed by atoms with Gasteiger partial charge in [-0.05, 0) is 37.4 Å². The second kappa shape index (κ2) is 7.67. The Labute approximate surface area is 146 Å². The molecule has 3 rings (SSSR count). The summed E-state index contributed by atoms with van der Waals surface area (Å²) in [5, 5.41) is 6.94. The zero-order chi connectivity index (χ0) is 17.6. The minimum absolute atomic E-state index is 0.152. The van der Waals surface area contributed by atoms with Gasteiger partial charge in [-0.2, -0.15) is 5.10 Å². The predicted molar refractivity (Wildman–Crippen MR) is 94.2 cm³/mol. The lowest BCUT2D eigenvalue weighted by Crippen LogP contribution is -2.23. The van der Waals surface area contributed by atoms with Gasteiger partial charge in [-0.15, -0.1) is 0 Å². The first kappa shape index (κ1) is 16.8. The number of carbonyl (C=O) groups excluding carboxylic acids is 1. The molecule has 1 amide bonds. The highest BCUT2D eigenvalue weighted by Crippen LogP contribution is 2.08. The van der Waals surface area contributed by atoms with Crippen LogP contribution in [0.2, 0.25) is 0 Å². The minimum atomic E-state index is -0.152. The lowest BCUT2D eigenvalue weighted by atomic mass is 10.1. The topological polar surface area (TPSA) is 75.9 Å². The molecule has 0 bridgehead atoms. The van der Waals surface area contributed by atoms with Gasteiger partial charge in [0.25, 0.3) is 5.91 Å². The van der Waals surface area contributed by atoms with Crippen LogP contribution in [0.5, 0.6) is 0 Å². The summed E-state index contributed by atoms with van der Waals surface area (Å²) in [6.45, 7) is 1.37. The summed E-state index contributed by atoms with van der Waals surface area (Å²) in [6.07, 6.45) is 4.55. The zero-order valence-electron chi connectivity index (χ0n) is 14.3. The molecule has 0 fully saturated rings. The van der Waals surface area contributed by atoms with Crippen LogP contribution >= 0.6 is 0 Å². The van der Waals surface area contributed by atoms with Gasteiger partial charge in [0.1, 0.15) is 12.7 Å². The van der Waals surface area contributed by atoms with Crippen LogP contribution in [0.1, 0.15) is 21.5 Å². The number of amides is 1. The summed E-state index contributed by atoms with van der Waals surface area (Å²) >= 11 is 0. The summed E-state index contributed by atoms with van der Waals surface area (Å²) in [7, 11) is 4.08. The molecule has 0 radical (unpaired) electrons. The van der Waals surface area contributed by atoms with Crippen molar-refractivity contribution in [2.45, 2.75) is 13.1 Å². The lowest BCUT2D eigenvalue weighted by molar-refractivity contribution is 0.0950. The van der Waals surface area contributed by atoms with Gasteiger partial charge in [-0.1, -0.05) is 24.3 Å². The van der Waals surface area contributed by atoms with Crippen LogP contribution in [0.4, 0.5) is 0 Å². The fourth-order valence-corrected chi connectivity index (χ4v) is 2.42. The van der Waals surface area contributed by atoms with Crippen LogP contribution in [-0.4, -0.2) is 44.7 Å². The van der Waals surface area contributed by atoms with Crippen LogP contribution in [0.25, 0.3) is 5.82 Å². The van der Waals surface area contributed by atoms with E-state index >= 15 is 0 Å². The van der Waals surface area contributed by atoms with E-state index < -0.39 is 0 Å². The molecule has 0 aliphatic rings. The van der Waals surface area contributed by atoms with Gasteiger partial charge in [0.2, 0.25) is 0 Å². The number of hydrogen-bond donors (Lipinski definition) is 1. The second-order valence-electron chi connectivity index (χ2n) is 5.98. The summed E-state index contributed by atoms with van der Waals surface area (Å²) < 4.78 is 1.51. The SMILES string of the molecule is CN(C)Cc1ccc(CNC(=O)c2ccnc(-n3cncn3)c2)cc1. The molecule has 1 N–H and O–H groups in total. The van der Waals surface area contributed by atoms with Crippen LogP contribution in [0.3, 0.4) is 0 Å². The smallest absolute Gasteiger partial charge is 0.251 e. The highest BCUT2D eigenvalue weighted by Gasteiger charge is 2.08. The number of hydrogen-bond acceptors (Lipinski definition) is 5. The zero-order valence-corrected chi connectivity index (χ0v) is 14.3. The van der Waals surface area contributed by atoms with Gasteiger partial charge in [0.05, 0.1) is 0 Å². The van der Waals surface area contributed by atoms with Crippen molar-refractivity contribution < 1.29 is 4.79 Å². The third kappa shape index (κ3) is 4.48. The number of nitrogens with one attached hydrogen (secondary N) is 1. The van der Waals surface area contributed by atoms with E-state index in [0.29, 0.717) is 17.9 Å². The standard InChI is InChI=1S/C18H20N6O/c1-23(2)11-15-5-3-14(4-6-15)10-21-18(25)16-7-8-20-17(9-16)24-13-19-12-22-24/h3-9,12-13H,10-11H2,1-2H3,(H,21,25). The van der Waals surface area contributed by atoms with Crippen LogP contribution in [-0.2, 0) is 13.1 Å². The van der Waals surface area contributed by atoms with Crippen molar-refractivity contribution in [2.24, 2.45) is 0 Å². The molecule has 7 heteroatoms. The molecule has 2 heterocycles. The molecule has 1 aromatic carbocycles. The fraction of sp³-hybridized carbons (Fsp3) is 0.222. The Kier molecular flexibility index (Phi) is 5.15. The maximum absolute atomic E-state index is 12.4. The molecular weight excluding hydrogens is 316 g/mol. The quantitative estimate of drug-likeness (QED) is 0.741. The Hall–Kier alpha value is -3.06. The Bertz CT molecular complexity index is 827. The van der Waals surface area contributed by atoms with Gasteiger partial charge < -0.3 is 10.2 Å². The minimum Gasteiger partial charge on any atom is -0.348 e. The molecule has 0 saturated heterocycles. The first-order chi connectivity index (χ1) is 12.1. The van der Waals surface area contributed by atoms with E-state index in [1.165, 1.54) is 16.6 Å². The normalized spacial score (nSPS) is 10.8. The number of aromatic nitrogens is 4. The van der Waals surface area contributed by atoms with E-state index in [4.69, 9.17) is 0 Å².